The van der Waals surface area contributed by atoms with Crippen molar-refractivity contribution in [3.05, 3.63) is 48.8 Å². The topological polar surface area (TPSA) is 15.7 Å². The SMILES string of the molecule is CCN1C=CN(c2c(OC)ccc3c2sc2ccccc23)[C@H]1C. The molecule has 0 bridgehead atoms. The third-order valence-corrected chi connectivity index (χ3v) is 5.82. The average Bonchev–Trinajstić information content (AvgIpc) is 3.14. The van der Waals surface area contributed by atoms with E-state index in [2.05, 4.69) is 72.4 Å². The summed E-state index contributed by atoms with van der Waals surface area (Å²) in [4.78, 5) is 4.64. The van der Waals surface area contributed by atoms with Gasteiger partial charge in [-0.2, -0.15) is 0 Å². The van der Waals surface area contributed by atoms with Crippen LogP contribution in [-0.2, 0) is 0 Å². The van der Waals surface area contributed by atoms with Crippen molar-refractivity contribution < 1.29 is 4.74 Å². The summed E-state index contributed by atoms with van der Waals surface area (Å²) in [5, 5.41) is 2.62. The van der Waals surface area contributed by atoms with Gasteiger partial charge in [-0.25, -0.2) is 0 Å². The van der Waals surface area contributed by atoms with Gasteiger partial charge in [-0.1, -0.05) is 18.2 Å². The van der Waals surface area contributed by atoms with Gasteiger partial charge in [0.1, 0.15) is 17.6 Å². The number of ether oxygens (including phenoxy) is 1. The van der Waals surface area contributed by atoms with Gasteiger partial charge >= 0.3 is 0 Å². The second kappa shape index (κ2) is 5.46. The van der Waals surface area contributed by atoms with E-state index in [1.165, 1.54) is 25.9 Å². The Hall–Kier alpha value is -2.20. The molecule has 3 nitrogen and oxygen atoms in total. The Morgan fingerprint density at radius 2 is 1.91 bits per heavy atom. The van der Waals surface area contributed by atoms with Crippen LogP contribution in [0.25, 0.3) is 20.2 Å². The number of benzene rings is 2. The molecule has 4 heteroatoms. The van der Waals surface area contributed by atoms with Crippen molar-refractivity contribution >= 4 is 37.2 Å². The Labute approximate surface area is 140 Å². The fourth-order valence-corrected chi connectivity index (χ4v) is 4.61. The van der Waals surface area contributed by atoms with Crippen molar-refractivity contribution in [2.75, 3.05) is 18.6 Å². The molecule has 1 aliphatic rings. The molecular formula is C19H20N2OS. The summed E-state index contributed by atoms with van der Waals surface area (Å²) in [6.07, 6.45) is 4.62. The highest BCUT2D eigenvalue weighted by molar-refractivity contribution is 7.26. The molecule has 0 fully saturated rings. The predicted octanol–water partition coefficient (Wildman–Crippen LogP) is 5.02. The molecule has 0 radical (unpaired) electrons. The van der Waals surface area contributed by atoms with E-state index in [4.69, 9.17) is 4.74 Å². The predicted molar refractivity (Wildman–Crippen MR) is 99.3 cm³/mol. The zero-order valence-electron chi connectivity index (χ0n) is 13.6. The highest BCUT2D eigenvalue weighted by atomic mass is 32.1. The first kappa shape index (κ1) is 14.4. The Kier molecular flexibility index (Phi) is 3.42. The smallest absolute Gasteiger partial charge is 0.144 e. The van der Waals surface area contributed by atoms with Crippen LogP contribution in [0.1, 0.15) is 13.8 Å². The summed E-state index contributed by atoms with van der Waals surface area (Å²) in [6.45, 7) is 5.41. The summed E-state index contributed by atoms with van der Waals surface area (Å²) >= 11 is 1.84. The van der Waals surface area contributed by atoms with Crippen molar-refractivity contribution in [2.45, 2.75) is 20.0 Å². The highest BCUT2D eigenvalue weighted by Crippen LogP contribution is 2.45. The van der Waals surface area contributed by atoms with Crippen LogP contribution in [0.5, 0.6) is 5.75 Å². The first-order chi connectivity index (χ1) is 11.2. The lowest BCUT2D eigenvalue weighted by atomic mass is 10.1. The molecule has 0 N–H and O–H groups in total. The van der Waals surface area contributed by atoms with Gasteiger partial charge in [0.25, 0.3) is 0 Å². The first-order valence-electron chi connectivity index (χ1n) is 7.95. The molecule has 2 heterocycles. The molecule has 4 rings (SSSR count). The molecule has 0 saturated heterocycles. The maximum Gasteiger partial charge on any atom is 0.144 e. The summed E-state index contributed by atoms with van der Waals surface area (Å²) in [5.41, 5.74) is 1.17. The third kappa shape index (κ3) is 2.09. The van der Waals surface area contributed by atoms with Crippen LogP contribution in [0.4, 0.5) is 5.69 Å². The fraction of sp³-hybridized carbons (Fsp3) is 0.263. The van der Waals surface area contributed by atoms with E-state index < -0.39 is 0 Å². The van der Waals surface area contributed by atoms with Gasteiger partial charge in [-0.15, -0.1) is 11.3 Å². The zero-order chi connectivity index (χ0) is 16.0. The van der Waals surface area contributed by atoms with Crippen molar-refractivity contribution in [3.8, 4) is 5.75 Å². The molecule has 23 heavy (non-hydrogen) atoms. The monoisotopic (exact) mass is 324 g/mol. The lowest BCUT2D eigenvalue weighted by Gasteiger charge is -2.30. The van der Waals surface area contributed by atoms with E-state index in [9.17, 15) is 0 Å². The fourth-order valence-electron chi connectivity index (χ4n) is 3.36. The van der Waals surface area contributed by atoms with Crippen molar-refractivity contribution in [1.82, 2.24) is 4.90 Å². The standard InChI is InChI=1S/C19H20N2OS/c1-4-20-11-12-21(13(20)2)18-16(22-3)10-9-15-14-7-5-6-8-17(14)23-19(15)18/h5-13H,4H2,1-3H3/t13-/m0/s1. The molecule has 1 aromatic heterocycles. The molecule has 0 amide bonds. The largest absolute Gasteiger partial charge is 0.495 e. The van der Waals surface area contributed by atoms with Crippen LogP contribution in [-0.4, -0.2) is 24.7 Å². The van der Waals surface area contributed by atoms with Crippen molar-refractivity contribution in [3.63, 3.8) is 0 Å². The number of rotatable bonds is 3. The molecule has 118 valence electrons. The van der Waals surface area contributed by atoms with Gasteiger partial charge in [0.05, 0.1) is 11.8 Å². The van der Waals surface area contributed by atoms with E-state index in [-0.39, 0.29) is 0 Å². The van der Waals surface area contributed by atoms with Crippen molar-refractivity contribution in [2.24, 2.45) is 0 Å². The van der Waals surface area contributed by atoms with Crippen LogP contribution in [0.2, 0.25) is 0 Å². The van der Waals surface area contributed by atoms with Crippen LogP contribution in [0.3, 0.4) is 0 Å². The third-order valence-electron chi connectivity index (χ3n) is 4.63. The maximum atomic E-state index is 5.69. The molecule has 3 aromatic rings. The number of hydrogen-bond donors (Lipinski definition) is 0. The van der Waals surface area contributed by atoms with E-state index in [0.29, 0.717) is 6.17 Å². The lowest BCUT2D eigenvalue weighted by Crippen LogP contribution is -2.35. The molecular weight excluding hydrogens is 304 g/mol. The van der Waals surface area contributed by atoms with Crippen LogP contribution >= 0.6 is 11.3 Å². The van der Waals surface area contributed by atoms with Gasteiger partial charge in [-0.3, -0.25) is 0 Å². The summed E-state index contributed by atoms with van der Waals surface area (Å²) in [5.74, 6) is 0.929. The average molecular weight is 324 g/mol. The molecule has 1 atom stereocenters. The van der Waals surface area contributed by atoms with Crippen LogP contribution in [0, 0.1) is 0 Å². The molecule has 0 spiro atoms. The second-order valence-corrected chi connectivity index (χ2v) is 6.81. The van der Waals surface area contributed by atoms with E-state index in [1.807, 2.05) is 11.3 Å². The Morgan fingerprint density at radius 1 is 1.09 bits per heavy atom. The highest BCUT2D eigenvalue weighted by Gasteiger charge is 2.27. The lowest BCUT2D eigenvalue weighted by molar-refractivity contribution is 0.333. The number of methoxy groups -OCH3 is 1. The van der Waals surface area contributed by atoms with Gasteiger partial charge < -0.3 is 14.5 Å². The second-order valence-electron chi connectivity index (χ2n) is 5.76. The van der Waals surface area contributed by atoms with Gasteiger partial charge in [0, 0.05) is 34.4 Å². The van der Waals surface area contributed by atoms with E-state index in [0.717, 1.165) is 12.3 Å². The first-order valence-corrected chi connectivity index (χ1v) is 8.77. The van der Waals surface area contributed by atoms with Crippen LogP contribution < -0.4 is 9.64 Å². The Morgan fingerprint density at radius 3 is 2.65 bits per heavy atom. The molecule has 0 saturated carbocycles. The molecule has 1 aliphatic heterocycles. The Balaban J connectivity index is 1.98. The number of nitrogens with zero attached hydrogens (tertiary/aromatic N) is 2. The summed E-state index contributed by atoms with van der Waals surface area (Å²) in [6, 6.07) is 12.9. The van der Waals surface area contributed by atoms with E-state index >= 15 is 0 Å². The van der Waals surface area contributed by atoms with Gasteiger partial charge in [0.15, 0.2) is 0 Å². The summed E-state index contributed by atoms with van der Waals surface area (Å²) < 4.78 is 8.30. The van der Waals surface area contributed by atoms with Gasteiger partial charge in [0.2, 0.25) is 0 Å². The normalized spacial score (nSPS) is 17.6. The Bertz CT molecular complexity index is 899. The molecule has 0 aliphatic carbocycles. The quantitative estimate of drug-likeness (QED) is 0.672. The van der Waals surface area contributed by atoms with E-state index in [1.54, 1.807) is 7.11 Å². The zero-order valence-corrected chi connectivity index (χ0v) is 14.4. The minimum absolute atomic E-state index is 0.296. The van der Waals surface area contributed by atoms with Crippen LogP contribution in [0.15, 0.2) is 48.8 Å². The number of thiophene rings is 1. The van der Waals surface area contributed by atoms with Gasteiger partial charge in [-0.05, 0) is 32.0 Å². The summed E-state index contributed by atoms with van der Waals surface area (Å²) in [7, 11) is 1.75. The van der Waals surface area contributed by atoms with Crippen molar-refractivity contribution in [1.29, 1.82) is 0 Å². The number of hydrogen-bond acceptors (Lipinski definition) is 4. The maximum absolute atomic E-state index is 5.69. The number of fused-ring (bicyclic) bond motifs is 3. The molecule has 2 aromatic carbocycles. The minimum Gasteiger partial charge on any atom is -0.495 e. The number of anilines is 1. The minimum atomic E-state index is 0.296. The molecule has 0 unspecified atom stereocenters.